The molecule has 0 aliphatic rings. The molecule has 1 aromatic heterocycles. The summed E-state index contributed by atoms with van der Waals surface area (Å²) in [4.78, 5) is 24.9. The number of ketones is 1. The van der Waals surface area contributed by atoms with Crippen molar-refractivity contribution in [1.29, 1.82) is 0 Å². The number of nitrogens with zero attached hydrogens (tertiary/aromatic N) is 1. The lowest BCUT2D eigenvalue weighted by molar-refractivity contribution is -0.107. The van der Waals surface area contributed by atoms with Gasteiger partial charge in [-0.15, -0.1) is 0 Å². The van der Waals surface area contributed by atoms with Crippen molar-refractivity contribution < 1.29 is 9.59 Å². The maximum Gasteiger partial charge on any atom is 0.188 e. The molecular formula is C8H6BrNO2. The highest BCUT2D eigenvalue weighted by atomic mass is 79.9. The smallest absolute Gasteiger partial charge is 0.188 e. The molecular weight excluding hydrogens is 222 g/mol. The van der Waals surface area contributed by atoms with Crippen molar-refractivity contribution in [2.24, 2.45) is 0 Å². The molecule has 0 aliphatic carbocycles. The molecule has 0 aromatic carbocycles. The molecule has 0 unspecified atom stereocenters. The Hall–Kier alpha value is -1.03. The molecule has 0 atom stereocenters. The summed E-state index contributed by atoms with van der Waals surface area (Å²) in [7, 11) is 0. The number of aldehydes is 1. The molecule has 0 bridgehead atoms. The zero-order valence-electron chi connectivity index (χ0n) is 6.16. The minimum atomic E-state index is -0.252. The van der Waals surface area contributed by atoms with Crippen molar-refractivity contribution in [3.8, 4) is 0 Å². The highest BCUT2D eigenvalue weighted by Gasteiger charge is 2.04. The van der Waals surface area contributed by atoms with Crippen molar-refractivity contribution in [2.45, 2.75) is 6.42 Å². The van der Waals surface area contributed by atoms with E-state index in [2.05, 4.69) is 20.9 Å². The van der Waals surface area contributed by atoms with Crippen LogP contribution in [0.2, 0.25) is 0 Å². The van der Waals surface area contributed by atoms with E-state index in [0.29, 0.717) is 12.0 Å². The number of halogens is 1. The van der Waals surface area contributed by atoms with Crippen molar-refractivity contribution in [1.82, 2.24) is 4.98 Å². The fourth-order valence-electron chi connectivity index (χ4n) is 0.721. The first-order valence-corrected chi connectivity index (χ1v) is 4.11. The van der Waals surface area contributed by atoms with Crippen LogP contribution in [-0.4, -0.2) is 17.1 Å². The summed E-state index contributed by atoms with van der Waals surface area (Å²) in [6.45, 7) is 0. The second-order valence-electron chi connectivity index (χ2n) is 2.16. The molecule has 0 N–H and O–H groups in total. The number of rotatable bonds is 3. The molecule has 1 heterocycles. The van der Waals surface area contributed by atoms with E-state index in [1.165, 1.54) is 6.20 Å². The second kappa shape index (κ2) is 4.11. The summed E-state index contributed by atoms with van der Waals surface area (Å²) < 4.78 is 0.810. The molecule has 0 saturated carbocycles. The van der Waals surface area contributed by atoms with E-state index in [1.54, 1.807) is 12.1 Å². The Balaban J connectivity index is 2.82. The average molecular weight is 228 g/mol. The van der Waals surface area contributed by atoms with Crippen LogP contribution in [0.25, 0.3) is 0 Å². The molecule has 0 radical (unpaired) electrons. The largest absolute Gasteiger partial charge is 0.303 e. The van der Waals surface area contributed by atoms with E-state index >= 15 is 0 Å². The van der Waals surface area contributed by atoms with Gasteiger partial charge < -0.3 is 4.79 Å². The first-order chi connectivity index (χ1) is 5.74. The van der Waals surface area contributed by atoms with Gasteiger partial charge in [-0.25, -0.2) is 0 Å². The van der Waals surface area contributed by atoms with Gasteiger partial charge in [-0.1, -0.05) is 0 Å². The van der Waals surface area contributed by atoms with Gasteiger partial charge in [0, 0.05) is 10.7 Å². The number of hydrogen-bond donors (Lipinski definition) is 0. The van der Waals surface area contributed by atoms with Crippen molar-refractivity contribution in [3.63, 3.8) is 0 Å². The molecule has 12 heavy (non-hydrogen) atoms. The van der Waals surface area contributed by atoms with Crippen LogP contribution in [0, 0.1) is 0 Å². The lowest BCUT2D eigenvalue weighted by Gasteiger charge is -1.94. The van der Waals surface area contributed by atoms with Crippen LogP contribution >= 0.6 is 15.9 Å². The van der Waals surface area contributed by atoms with E-state index in [-0.39, 0.29) is 12.2 Å². The maximum atomic E-state index is 11.0. The molecule has 1 aromatic rings. The van der Waals surface area contributed by atoms with Crippen LogP contribution in [0.15, 0.2) is 22.8 Å². The van der Waals surface area contributed by atoms with Crippen LogP contribution in [0.5, 0.6) is 0 Å². The van der Waals surface area contributed by atoms with Crippen molar-refractivity contribution in [3.05, 3.63) is 28.5 Å². The van der Waals surface area contributed by atoms with E-state index in [1.807, 2.05) is 0 Å². The van der Waals surface area contributed by atoms with Gasteiger partial charge >= 0.3 is 0 Å². The van der Waals surface area contributed by atoms with Crippen LogP contribution in [-0.2, 0) is 4.79 Å². The average Bonchev–Trinajstić information content (AvgIpc) is 2.06. The summed E-state index contributed by atoms with van der Waals surface area (Å²) in [6, 6.07) is 3.29. The van der Waals surface area contributed by atoms with Crippen LogP contribution in [0.3, 0.4) is 0 Å². The van der Waals surface area contributed by atoms with Crippen LogP contribution in [0.4, 0.5) is 0 Å². The standard InChI is InChI=1S/C8H6BrNO2/c9-6-1-2-7(10-5-6)8(12)3-4-11/h1-2,4-5H,3H2. The molecule has 0 amide bonds. The SMILES string of the molecule is O=CCC(=O)c1ccc(Br)cn1. The third-order valence-corrected chi connectivity index (χ3v) is 1.75. The zero-order valence-corrected chi connectivity index (χ0v) is 7.74. The Morgan fingerprint density at radius 2 is 2.33 bits per heavy atom. The minimum Gasteiger partial charge on any atom is -0.303 e. The van der Waals surface area contributed by atoms with Gasteiger partial charge in [0.2, 0.25) is 0 Å². The number of Topliss-reactive ketones (excluding diaryl/α,β-unsaturated/α-hetero) is 1. The number of carbonyl (C=O) groups is 2. The zero-order chi connectivity index (χ0) is 8.97. The van der Waals surface area contributed by atoms with Crippen molar-refractivity contribution in [2.75, 3.05) is 0 Å². The molecule has 62 valence electrons. The Morgan fingerprint density at radius 1 is 1.58 bits per heavy atom. The highest BCUT2D eigenvalue weighted by Crippen LogP contribution is 2.08. The Bertz CT molecular complexity index is 294. The highest BCUT2D eigenvalue weighted by molar-refractivity contribution is 9.10. The fraction of sp³-hybridized carbons (Fsp3) is 0.125. The maximum absolute atomic E-state index is 11.0. The summed E-state index contributed by atoms with van der Waals surface area (Å²) in [5.74, 6) is -0.252. The third kappa shape index (κ3) is 2.23. The van der Waals surface area contributed by atoms with Gasteiger partial charge in [0.15, 0.2) is 5.78 Å². The second-order valence-corrected chi connectivity index (χ2v) is 3.07. The van der Waals surface area contributed by atoms with E-state index in [4.69, 9.17) is 0 Å². The first kappa shape index (κ1) is 9.06. The predicted octanol–water partition coefficient (Wildman–Crippen LogP) is 1.62. The lowest BCUT2D eigenvalue weighted by Crippen LogP contribution is -2.01. The number of carbonyl (C=O) groups excluding carboxylic acids is 2. The molecule has 1 rings (SSSR count). The number of aromatic nitrogens is 1. The van der Waals surface area contributed by atoms with Gasteiger partial charge in [-0.05, 0) is 28.1 Å². The van der Waals surface area contributed by atoms with Gasteiger partial charge in [0.25, 0.3) is 0 Å². The van der Waals surface area contributed by atoms with Gasteiger partial charge in [0.05, 0.1) is 6.42 Å². The summed E-state index contributed by atoms with van der Waals surface area (Å²) >= 11 is 3.19. The van der Waals surface area contributed by atoms with Gasteiger partial charge in [0.1, 0.15) is 12.0 Å². The summed E-state index contributed by atoms with van der Waals surface area (Å²) in [5, 5.41) is 0. The fourth-order valence-corrected chi connectivity index (χ4v) is 0.956. The third-order valence-electron chi connectivity index (χ3n) is 1.28. The van der Waals surface area contributed by atoms with E-state index in [9.17, 15) is 9.59 Å². The number of pyridine rings is 1. The summed E-state index contributed by atoms with van der Waals surface area (Å²) in [5.41, 5.74) is 0.324. The van der Waals surface area contributed by atoms with E-state index in [0.717, 1.165) is 4.47 Å². The quantitative estimate of drug-likeness (QED) is 0.448. The van der Waals surface area contributed by atoms with Crippen molar-refractivity contribution >= 4 is 28.0 Å². The molecule has 0 saturated heterocycles. The molecule has 0 spiro atoms. The molecule has 0 fully saturated rings. The topological polar surface area (TPSA) is 47.0 Å². The molecule has 3 nitrogen and oxygen atoms in total. The normalized spacial score (nSPS) is 9.42. The van der Waals surface area contributed by atoms with Gasteiger partial charge in [-0.3, -0.25) is 9.78 Å². The summed E-state index contributed by atoms with van der Waals surface area (Å²) in [6.07, 6.45) is 2.00. The lowest BCUT2D eigenvalue weighted by atomic mass is 10.2. The minimum absolute atomic E-state index is 0.103. The predicted molar refractivity (Wildman–Crippen MR) is 46.9 cm³/mol. The van der Waals surface area contributed by atoms with Gasteiger partial charge in [-0.2, -0.15) is 0 Å². The molecule has 4 heteroatoms. The van der Waals surface area contributed by atoms with Crippen LogP contribution < -0.4 is 0 Å². The number of hydrogen-bond acceptors (Lipinski definition) is 3. The Kier molecular flexibility index (Phi) is 3.10. The molecule has 0 aliphatic heterocycles. The Morgan fingerprint density at radius 3 is 2.83 bits per heavy atom. The van der Waals surface area contributed by atoms with Crippen LogP contribution in [0.1, 0.15) is 16.9 Å². The first-order valence-electron chi connectivity index (χ1n) is 3.32. The van der Waals surface area contributed by atoms with E-state index < -0.39 is 0 Å². The monoisotopic (exact) mass is 227 g/mol. The Labute approximate surface area is 77.9 Å².